The normalized spacial score (nSPS) is 22.2. The molecule has 0 radical (unpaired) electrons. The molecule has 2 atom stereocenters. The van der Waals surface area contributed by atoms with Gasteiger partial charge < -0.3 is 9.26 Å². The molecule has 10 heteroatoms. The highest BCUT2D eigenvalue weighted by atomic mass is 32.2. The minimum Gasteiger partial charge on any atom is -0.490 e. The van der Waals surface area contributed by atoms with Gasteiger partial charge in [-0.15, -0.1) is 0 Å². The average Bonchev–Trinajstić information content (AvgIpc) is 3.01. The molecule has 0 saturated heterocycles. The molecule has 0 unspecified atom stereocenters. The number of sulfonamides is 1. The molecule has 0 spiro atoms. The maximum atomic E-state index is 14.4. The zero-order chi connectivity index (χ0) is 20.5. The Kier molecular flexibility index (Phi) is 5.72. The maximum Gasteiger partial charge on any atom is 0.248 e. The molecular formula is C18H21F3N2O4S. The van der Waals surface area contributed by atoms with Gasteiger partial charge in [0, 0.05) is 36.4 Å². The van der Waals surface area contributed by atoms with Crippen LogP contribution in [-0.4, -0.2) is 38.4 Å². The van der Waals surface area contributed by atoms with Crippen LogP contribution < -0.4 is 9.46 Å². The second-order valence-electron chi connectivity index (χ2n) is 7.13. The third-order valence-electron chi connectivity index (χ3n) is 4.62. The zero-order valence-corrected chi connectivity index (χ0v) is 16.2. The molecule has 1 aromatic heterocycles. The van der Waals surface area contributed by atoms with Crippen molar-refractivity contribution in [1.82, 2.24) is 9.88 Å². The fourth-order valence-electron chi connectivity index (χ4n) is 3.31. The SMILES string of the molecule is Cc1cc(-c2ccc(OC[C@H]3CC(F)(F)CC[C@@H]3NS(C)(=O)=O)c(F)c2)no1. The lowest BCUT2D eigenvalue weighted by Crippen LogP contribution is -2.48. The van der Waals surface area contributed by atoms with E-state index in [9.17, 15) is 21.6 Å². The van der Waals surface area contributed by atoms with Gasteiger partial charge in [0.25, 0.3) is 0 Å². The largest absolute Gasteiger partial charge is 0.490 e. The van der Waals surface area contributed by atoms with Gasteiger partial charge in [0.15, 0.2) is 11.6 Å². The van der Waals surface area contributed by atoms with Crippen LogP contribution in [0.3, 0.4) is 0 Å². The lowest BCUT2D eigenvalue weighted by molar-refractivity contribution is -0.0662. The summed E-state index contributed by atoms with van der Waals surface area (Å²) in [7, 11) is -3.56. The van der Waals surface area contributed by atoms with Crippen LogP contribution in [0.4, 0.5) is 13.2 Å². The molecule has 28 heavy (non-hydrogen) atoms. The molecule has 1 fully saturated rings. The highest BCUT2D eigenvalue weighted by Crippen LogP contribution is 2.37. The fraction of sp³-hybridized carbons (Fsp3) is 0.500. The summed E-state index contributed by atoms with van der Waals surface area (Å²) in [6, 6.07) is 5.15. The van der Waals surface area contributed by atoms with Crippen molar-refractivity contribution in [2.24, 2.45) is 5.92 Å². The lowest BCUT2D eigenvalue weighted by atomic mass is 9.83. The number of rotatable bonds is 6. The van der Waals surface area contributed by atoms with Gasteiger partial charge in [-0.25, -0.2) is 26.3 Å². The van der Waals surface area contributed by atoms with Crippen molar-refractivity contribution in [3.63, 3.8) is 0 Å². The van der Waals surface area contributed by atoms with Crippen molar-refractivity contribution in [2.75, 3.05) is 12.9 Å². The number of nitrogens with one attached hydrogen (secondary N) is 1. The first kappa shape index (κ1) is 20.7. The summed E-state index contributed by atoms with van der Waals surface area (Å²) in [5.74, 6) is -3.88. The molecule has 3 rings (SSSR count). The first-order chi connectivity index (χ1) is 13.0. The first-order valence-electron chi connectivity index (χ1n) is 8.74. The van der Waals surface area contributed by atoms with E-state index in [-0.39, 0.29) is 18.8 Å². The topological polar surface area (TPSA) is 81.4 Å². The van der Waals surface area contributed by atoms with Gasteiger partial charge in [-0.1, -0.05) is 5.16 Å². The Hall–Kier alpha value is -2.07. The standard InChI is InChI=1S/C18H21F3N2O4S/c1-11-7-16(22-27-11)12-3-4-17(14(19)8-12)26-10-13-9-18(20,21)6-5-15(13)23-28(2,24)25/h3-4,7-8,13,15,23H,5-6,9-10H2,1-2H3/t13-,15+/m1/s1. The van der Waals surface area contributed by atoms with Gasteiger partial charge in [-0.2, -0.15) is 0 Å². The zero-order valence-electron chi connectivity index (χ0n) is 15.4. The molecule has 1 aromatic carbocycles. The summed E-state index contributed by atoms with van der Waals surface area (Å²) in [5, 5.41) is 3.81. The quantitative estimate of drug-likeness (QED) is 0.776. The van der Waals surface area contributed by atoms with Crippen molar-refractivity contribution in [3.8, 4) is 17.0 Å². The Labute approximate surface area is 161 Å². The Morgan fingerprint density at radius 2 is 2.11 bits per heavy atom. The van der Waals surface area contributed by atoms with E-state index >= 15 is 0 Å². The smallest absolute Gasteiger partial charge is 0.248 e. The molecule has 0 aliphatic heterocycles. The fourth-order valence-corrected chi connectivity index (χ4v) is 4.17. The number of hydrogen-bond donors (Lipinski definition) is 1. The highest BCUT2D eigenvalue weighted by Gasteiger charge is 2.42. The van der Waals surface area contributed by atoms with Crippen molar-refractivity contribution < 1.29 is 30.8 Å². The van der Waals surface area contributed by atoms with E-state index in [1.54, 1.807) is 19.1 Å². The predicted octanol–water partition coefficient (Wildman–Crippen LogP) is 3.52. The van der Waals surface area contributed by atoms with E-state index in [0.29, 0.717) is 17.0 Å². The third-order valence-corrected chi connectivity index (χ3v) is 5.36. The van der Waals surface area contributed by atoms with E-state index in [4.69, 9.17) is 9.26 Å². The molecule has 1 heterocycles. The highest BCUT2D eigenvalue weighted by molar-refractivity contribution is 7.88. The Morgan fingerprint density at radius 3 is 2.71 bits per heavy atom. The molecule has 6 nitrogen and oxygen atoms in total. The minimum atomic E-state index is -3.56. The number of alkyl halides is 2. The summed E-state index contributed by atoms with van der Waals surface area (Å²) < 4.78 is 77.7. The molecule has 1 aliphatic rings. The van der Waals surface area contributed by atoms with Crippen molar-refractivity contribution in [3.05, 3.63) is 35.8 Å². The summed E-state index contributed by atoms with van der Waals surface area (Å²) in [6.45, 7) is 1.48. The van der Waals surface area contributed by atoms with Crippen LogP contribution in [-0.2, 0) is 10.0 Å². The number of halogens is 3. The minimum absolute atomic E-state index is 0.0129. The summed E-state index contributed by atoms with van der Waals surface area (Å²) in [6.07, 6.45) is 0.0255. The number of aryl methyl sites for hydroxylation is 1. The first-order valence-corrected chi connectivity index (χ1v) is 10.6. The van der Waals surface area contributed by atoms with Crippen molar-refractivity contribution >= 4 is 10.0 Å². The van der Waals surface area contributed by atoms with Crippen LogP contribution >= 0.6 is 0 Å². The second-order valence-corrected chi connectivity index (χ2v) is 8.91. The lowest BCUT2D eigenvalue weighted by Gasteiger charge is -2.35. The summed E-state index contributed by atoms with van der Waals surface area (Å²) >= 11 is 0. The van der Waals surface area contributed by atoms with E-state index in [1.165, 1.54) is 12.1 Å². The van der Waals surface area contributed by atoms with Gasteiger partial charge >= 0.3 is 0 Å². The molecular weight excluding hydrogens is 397 g/mol. The summed E-state index contributed by atoms with van der Waals surface area (Å²) in [5.41, 5.74) is 0.954. The van der Waals surface area contributed by atoms with Gasteiger partial charge in [0.1, 0.15) is 11.5 Å². The van der Waals surface area contributed by atoms with E-state index < -0.39 is 46.6 Å². The Bertz CT molecular complexity index is 946. The van der Waals surface area contributed by atoms with Crippen LogP contribution in [0.1, 0.15) is 25.0 Å². The number of nitrogens with zero attached hydrogens (tertiary/aromatic N) is 1. The van der Waals surface area contributed by atoms with Crippen molar-refractivity contribution in [1.29, 1.82) is 0 Å². The van der Waals surface area contributed by atoms with Gasteiger partial charge in [-0.3, -0.25) is 0 Å². The number of aromatic nitrogens is 1. The van der Waals surface area contributed by atoms with Gasteiger partial charge in [-0.05, 0) is 31.5 Å². The molecule has 2 aromatic rings. The number of ether oxygens (including phenoxy) is 1. The Balaban J connectivity index is 1.71. The average molecular weight is 418 g/mol. The van der Waals surface area contributed by atoms with E-state index in [2.05, 4.69) is 9.88 Å². The molecule has 1 N–H and O–H groups in total. The van der Waals surface area contributed by atoms with Crippen LogP contribution in [0, 0.1) is 18.7 Å². The van der Waals surface area contributed by atoms with Crippen LogP contribution in [0.2, 0.25) is 0 Å². The monoisotopic (exact) mass is 418 g/mol. The van der Waals surface area contributed by atoms with Gasteiger partial charge in [0.2, 0.25) is 15.9 Å². The van der Waals surface area contributed by atoms with E-state index in [0.717, 1.165) is 6.26 Å². The maximum absolute atomic E-state index is 14.4. The number of benzene rings is 1. The van der Waals surface area contributed by atoms with Gasteiger partial charge in [0.05, 0.1) is 12.9 Å². The second kappa shape index (κ2) is 7.75. The Morgan fingerprint density at radius 1 is 1.36 bits per heavy atom. The summed E-state index contributed by atoms with van der Waals surface area (Å²) in [4.78, 5) is 0. The molecule has 1 aliphatic carbocycles. The van der Waals surface area contributed by atoms with Crippen LogP contribution in [0.25, 0.3) is 11.3 Å². The van der Waals surface area contributed by atoms with Crippen molar-refractivity contribution in [2.45, 2.75) is 38.2 Å². The molecule has 1 saturated carbocycles. The van der Waals surface area contributed by atoms with Crippen LogP contribution in [0.5, 0.6) is 5.75 Å². The number of hydrogen-bond acceptors (Lipinski definition) is 5. The molecule has 0 bridgehead atoms. The van der Waals surface area contributed by atoms with E-state index in [1.807, 2.05) is 0 Å². The molecule has 154 valence electrons. The third kappa shape index (κ3) is 5.26. The van der Waals surface area contributed by atoms with Crippen LogP contribution in [0.15, 0.2) is 28.8 Å². The predicted molar refractivity (Wildman–Crippen MR) is 96.2 cm³/mol. The molecule has 0 amide bonds.